The smallest absolute Gasteiger partial charge is 0.149 e. The van der Waals surface area contributed by atoms with Crippen LogP contribution in [0.5, 0.6) is 0 Å². The zero-order valence-electron chi connectivity index (χ0n) is 11.2. The van der Waals surface area contributed by atoms with Crippen molar-refractivity contribution in [3.63, 3.8) is 0 Å². The largest absolute Gasteiger partial charge is 0.354 e. The van der Waals surface area contributed by atoms with Crippen LogP contribution in [-0.2, 0) is 0 Å². The molecule has 0 fully saturated rings. The van der Waals surface area contributed by atoms with Crippen LogP contribution in [0, 0.1) is 17.1 Å². The molecule has 1 N–H and O–H groups in total. The van der Waals surface area contributed by atoms with Gasteiger partial charge in [-0.2, -0.15) is 5.26 Å². The zero-order valence-corrected chi connectivity index (χ0v) is 13.6. The molecule has 0 aliphatic carbocycles. The standard InChI is InChI=1S/C16H9BrFN3.ClH/c17-11-4-6-12(7-5-11)21-15-10(8-19)9-20-16-13(15)2-1-3-14(16)18;/h1-7,9H,(H,20,21);1H. The number of hydrogen-bond donors (Lipinski definition) is 1. The Morgan fingerprint density at radius 1 is 1.14 bits per heavy atom. The van der Waals surface area contributed by atoms with Crippen LogP contribution in [0.4, 0.5) is 15.8 Å². The van der Waals surface area contributed by atoms with Gasteiger partial charge in [-0.25, -0.2) is 4.39 Å². The molecular weight excluding hydrogens is 369 g/mol. The van der Waals surface area contributed by atoms with Crippen LogP contribution in [-0.4, -0.2) is 4.98 Å². The minimum atomic E-state index is -0.407. The first-order valence-corrected chi connectivity index (χ1v) is 6.98. The summed E-state index contributed by atoms with van der Waals surface area (Å²) >= 11 is 3.37. The third-order valence-corrected chi connectivity index (χ3v) is 3.61. The average molecular weight is 379 g/mol. The van der Waals surface area contributed by atoms with E-state index in [0.29, 0.717) is 16.6 Å². The van der Waals surface area contributed by atoms with Gasteiger partial charge in [0.05, 0.1) is 11.3 Å². The lowest BCUT2D eigenvalue weighted by atomic mass is 10.1. The molecule has 6 heteroatoms. The Hall–Kier alpha value is -2.16. The van der Waals surface area contributed by atoms with E-state index in [0.717, 1.165) is 10.2 Å². The summed E-state index contributed by atoms with van der Waals surface area (Å²) in [6.07, 6.45) is 1.38. The molecule has 0 saturated carbocycles. The van der Waals surface area contributed by atoms with Crippen LogP contribution >= 0.6 is 28.3 Å². The van der Waals surface area contributed by atoms with Gasteiger partial charge in [-0.05, 0) is 30.3 Å². The van der Waals surface area contributed by atoms with Crippen LogP contribution in [0.3, 0.4) is 0 Å². The van der Waals surface area contributed by atoms with Crippen LogP contribution in [0.1, 0.15) is 5.56 Å². The van der Waals surface area contributed by atoms with Crippen molar-refractivity contribution in [1.29, 1.82) is 5.26 Å². The predicted octanol–water partition coefficient (Wildman–Crippen LogP) is 5.17. The Morgan fingerprint density at radius 2 is 1.86 bits per heavy atom. The first-order valence-electron chi connectivity index (χ1n) is 6.19. The van der Waals surface area contributed by atoms with Gasteiger partial charge >= 0.3 is 0 Å². The van der Waals surface area contributed by atoms with Crippen molar-refractivity contribution in [2.24, 2.45) is 0 Å². The number of anilines is 2. The first kappa shape index (κ1) is 16.2. The van der Waals surface area contributed by atoms with E-state index in [2.05, 4.69) is 32.3 Å². The van der Waals surface area contributed by atoms with Gasteiger partial charge in [0.15, 0.2) is 0 Å². The SMILES string of the molecule is Cl.N#Cc1cnc2c(F)cccc2c1Nc1ccc(Br)cc1. The van der Waals surface area contributed by atoms with Gasteiger partial charge in [-0.1, -0.05) is 28.1 Å². The van der Waals surface area contributed by atoms with Crippen LogP contribution in [0.2, 0.25) is 0 Å². The van der Waals surface area contributed by atoms with Gasteiger partial charge in [-0.15, -0.1) is 12.4 Å². The van der Waals surface area contributed by atoms with Crippen molar-refractivity contribution in [2.45, 2.75) is 0 Å². The summed E-state index contributed by atoms with van der Waals surface area (Å²) in [6, 6.07) is 14.3. The molecule has 0 atom stereocenters. The lowest BCUT2D eigenvalue weighted by Gasteiger charge is -2.11. The van der Waals surface area contributed by atoms with Gasteiger partial charge in [0.2, 0.25) is 0 Å². The molecule has 0 amide bonds. The topological polar surface area (TPSA) is 48.7 Å². The lowest BCUT2D eigenvalue weighted by molar-refractivity contribution is 0.637. The van der Waals surface area contributed by atoms with E-state index in [1.807, 2.05) is 24.3 Å². The Bertz CT molecular complexity index is 860. The summed E-state index contributed by atoms with van der Waals surface area (Å²) < 4.78 is 14.8. The number of nitriles is 1. The molecular formula is C16H10BrClFN3. The van der Waals surface area contributed by atoms with Crippen LogP contribution in [0.25, 0.3) is 10.9 Å². The third kappa shape index (κ3) is 3.03. The van der Waals surface area contributed by atoms with Crippen LogP contribution in [0.15, 0.2) is 53.1 Å². The highest BCUT2D eigenvalue weighted by atomic mass is 79.9. The molecule has 2 aromatic carbocycles. The van der Waals surface area contributed by atoms with E-state index in [-0.39, 0.29) is 17.9 Å². The number of hydrogen-bond acceptors (Lipinski definition) is 3. The molecule has 3 nitrogen and oxygen atoms in total. The minimum Gasteiger partial charge on any atom is -0.354 e. The Kier molecular flexibility index (Phi) is 4.96. The summed E-state index contributed by atoms with van der Waals surface area (Å²) in [5, 5.41) is 13.0. The van der Waals surface area contributed by atoms with Crippen molar-refractivity contribution in [3.8, 4) is 6.07 Å². The molecule has 0 bridgehead atoms. The molecule has 22 heavy (non-hydrogen) atoms. The van der Waals surface area contributed by atoms with Gasteiger partial charge in [-0.3, -0.25) is 4.98 Å². The van der Waals surface area contributed by atoms with E-state index in [1.54, 1.807) is 12.1 Å². The average Bonchev–Trinajstić information content (AvgIpc) is 2.50. The third-order valence-electron chi connectivity index (χ3n) is 3.08. The molecule has 3 aromatic rings. The summed E-state index contributed by atoms with van der Waals surface area (Å²) in [7, 11) is 0. The number of para-hydroxylation sites is 1. The molecule has 0 aliphatic rings. The second-order valence-corrected chi connectivity index (χ2v) is 5.34. The highest BCUT2D eigenvalue weighted by Gasteiger charge is 2.11. The normalized spacial score (nSPS) is 9.86. The second-order valence-electron chi connectivity index (χ2n) is 4.43. The van der Waals surface area contributed by atoms with E-state index < -0.39 is 5.82 Å². The van der Waals surface area contributed by atoms with Crippen molar-refractivity contribution < 1.29 is 4.39 Å². The Labute approximate surface area is 141 Å². The molecule has 1 aromatic heterocycles. The first-order chi connectivity index (χ1) is 10.2. The quantitative estimate of drug-likeness (QED) is 0.669. The zero-order chi connectivity index (χ0) is 14.8. The Morgan fingerprint density at radius 3 is 2.55 bits per heavy atom. The molecule has 0 spiro atoms. The number of fused-ring (bicyclic) bond motifs is 1. The number of aromatic nitrogens is 1. The molecule has 0 aliphatic heterocycles. The summed E-state index contributed by atoms with van der Waals surface area (Å²) in [5.41, 5.74) is 1.99. The molecule has 3 rings (SSSR count). The number of nitrogens with zero attached hydrogens (tertiary/aromatic N) is 2. The highest BCUT2D eigenvalue weighted by Crippen LogP contribution is 2.30. The maximum absolute atomic E-state index is 13.8. The van der Waals surface area contributed by atoms with Crippen molar-refractivity contribution >= 4 is 50.6 Å². The predicted molar refractivity (Wildman–Crippen MR) is 91.1 cm³/mol. The van der Waals surface area contributed by atoms with E-state index in [4.69, 9.17) is 0 Å². The van der Waals surface area contributed by atoms with Crippen LogP contribution < -0.4 is 5.32 Å². The number of benzene rings is 2. The van der Waals surface area contributed by atoms with Crippen molar-refractivity contribution in [3.05, 3.63) is 64.5 Å². The fourth-order valence-corrected chi connectivity index (χ4v) is 2.35. The summed E-state index contributed by atoms with van der Waals surface area (Å²) in [4.78, 5) is 4.02. The number of pyridine rings is 1. The lowest BCUT2D eigenvalue weighted by Crippen LogP contribution is -1.97. The fraction of sp³-hybridized carbons (Fsp3) is 0. The minimum absolute atomic E-state index is 0. The van der Waals surface area contributed by atoms with Gasteiger partial charge < -0.3 is 5.32 Å². The Balaban J connectivity index is 0.00000176. The maximum Gasteiger partial charge on any atom is 0.149 e. The maximum atomic E-state index is 13.8. The molecule has 1 heterocycles. The van der Waals surface area contributed by atoms with E-state index in [9.17, 15) is 9.65 Å². The molecule has 0 radical (unpaired) electrons. The summed E-state index contributed by atoms with van der Waals surface area (Å²) in [6.45, 7) is 0. The molecule has 0 unspecified atom stereocenters. The molecule has 0 saturated heterocycles. The highest BCUT2D eigenvalue weighted by molar-refractivity contribution is 9.10. The van der Waals surface area contributed by atoms with Gasteiger partial charge in [0, 0.05) is 21.7 Å². The summed E-state index contributed by atoms with van der Waals surface area (Å²) in [5.74, 6) is -0.407. The van der Waals surface area contributed by atoms with Crippen molar-refractivity contribution in [2.75, 3.05) is 5.32 Å². The van der Waals surface area contributed by atoms with E-state index in [1.165, 1.54) is 12.3 Å². The number of nitrogens with one attached hydrogen (secondary N) is 1. The fourth-order valence-electron chi connectivity index (χ4n) is 2.08. The van der Waals surface area contributed by atoms with Gasteiger partial charge in [0.25, 0.3) is 0 Å². The number of rotatable bonds is 2. The van der Waals surface area contributed by atoms with E-state index >= 15 is 0 Å². The molecule has 110 valence electrons. The van der Waals surface area contributed by atoms with Crippen molar-refractivity contribution in [1.82, 2.24) is 4.98 Å². The van der Waals surface area contributed by atoms with Gasteiger partial charge in [0.1, 0.15) is 17.4 Å². The number of halogens is 3. The second kappa shape index (κ2) is 6.73. The monoisotopic (exact) mass is 377 g/mol.